The second-order valence-corrected chi connectivity index (χ2v) is 4.18. The number of H-pyrrole nitrogens is 1. The first kappa shape index (κ1) is 11.0. The van der Waals surface area contributed by atoms with Crippen molar-refractivity contribution < 1.29 is 8.78 Å². The Bertz CT molecular complexity index is 505. The van der Waals surface area contributed by atoms with Crippen molar-refractivity contribution in [2.24, 2.45) is 5.92 Å². The number of aromatic amines is 1. The van der Waals surface area contributed by atoms with Gasteiger partial charge in [-0.3, -0.25) is 0 Å². The predicted octanol–water partition coefficient (Wildman–Crippen LogP) is 3.43. The van der Waals surface area contributed by atoms with Crippen molar-refractivity contribution in [2.45, 2.75) is 26.7 Å². The molecule has 0 spiro atoms. The SMILES string of the molecule is CCC(C)Cc1nc2c(F)cc(F)cc2[nH]1. The summed E-state index contributed by atoms with van der Waals surface area (Å²) in [6.45, 7) is 4.19. The molecule has 1 aromatic carbocycles. The number of fused-ring (bicyclic) bond motifs is 1. The molecule has 16 heavy (non-hydrogen) atoms. The summed E-state index contributed by atoms with van der Waals surface area (Å²) in [5.74, 6) is 0.00714. The summed E-state index contributed by atoms with van der Waals surface area (Å²) >= 11 is 0. The molecule has 4 heteroatoms. The maximum Gasteiger partial charge on any atom is 0.153 e. The third-order valence-corrected chi connectivity index (χ3v) is 2.79. The lowest BCUT2D eigenvalue weighted by Gasteiger charge is -2.03. The molecule has 0 bridgehead atoms. The van der Waals surface area contributed by atoms with Crippen LogP contribution in [0.2, 0.25) is 0 Å². The number of hydrogen-bond donors (Lipinski definition) is 1. The molecule has 1 aromatic heterocycles. The van der Waals surface area contributed by atoms with Crippen molar-refractivity contribution in [3.8, 4) is 0 Å². The number of imidazole rings is 1. The molecule has 0 amide bonds. The molecule has 0 aliphatic rings. The number of rotatable bonds is 3. The Kier molecular flexibility index (Phi) is 2.90. The van der Waals surface area contributed by atoms with Crippen LogP contribution in [-0.4, -0.2) is 9.97 Å². The van der Waals surface area contributed by atoms with Gasteiger partial charge in [0.15, 0.2) is 5.82 Å². The molecule has 0 fully saturated rings. The summed E-state index contributed by atoms with van der Waals surface area (Å²) < 4.78 is 26.3. The first-order valence-electron chi connectivity index (χ1n) is 5.43. The van der Waals surface area contributed by atoms with Gasteiger partial charge in [-0.05, 0) is 12.0 Å². The van der Waals surface area contributed by atoms with Crippen LogP contribution in [0.1, 0.15) is 26.1 Å². The Morgan fingerprint density at radius 2 is 2.12 bits per heavy atom. The van der Waals surface area contributed by atoms with Gasteiger partial charge in [0.2, 0.25) is 0 Å². The number of benzene rings is 1. The van der Waals surface area contributed by atoms with E-state index in [1.807, 2.05) is 0 Å². The Morgan fingerprint density at radius 3 is 2.81 bits per heavy atom. The van der Waals surface area contributed by atoms with E-state index in [4.69, 9.17) is 0 Å². The molecule has 86 valence electrons. The zero-order chi connectivity index (χ0) is 11.7. The van der Waals surface area contributed by atoms with Crippen LogP contribution in [0.25, 0.3) is 11.0 Å². The van der Waals surface area contributed by atoms with Gasteiger partial charge in [0.1, 0.15) is 17.2 Å². The molecule has 2 aromatic rings. The Hall–Kier alpha value is -1.45. The molecule has 2 nitrogen and oxygen atoms in total. The molecular weight excluding hydrogens is 210 g/mol. The van der Waals surface area contributed by atoms with Gasteiger partial charge in [0.05, 0.1) is 5.52 Å². The summed E-state index contributed by atoms with van der Waals surface area (Å²) in [5.41, 5.74) is 0.649. The van der Waals surface area contributed by atoms with Gasteiger partial charge in [-0.1, -0.05) is 20.3 Å². The second kappa shape index (κ2) is 4.20. The van der Waals surface area contributed by atoms with E-state index in [2.05, 4.69) is 23.8 Å². The van der Waals surface area contributed by atoms with Crippen LogP contribution in [0.3, 0.4) is 0 Å². The molecule has 1 heterocycles. The highest BCUT2D eigenvalue weighted by atomic mass is 19.1. The van der Waals surface area contributed by atoms with Crippen LogP contribution in [0.5, 0.6) is 0 Å². The van der Waals surface area contributed by atoms with Gasteiger partial charge in [0.25, 0.3) is 0 Å². The third kappa shape index (κ3) is 2.05. The summed E-state index contributed by atoms with van der Waals surface area (Å²) in [7, 11) is 0. The fraction of sp³-hybridized carbons (Fsp3) is 0.417. The van der Waals surface area contributed by atoms with Crippen LogP contribution in [-0.2, 0) is 6.42 Å². The van der Waals surface area contributed by atoms with E-state index in [-0.39, 0.29) is 5.52 Å². The van der Waals surface area contributed by atoms with Gasteiger partial charge in [-0.25, -0.2) is 13.8 Å². The van der Waals surface area contributed by atoms with Gasteiger partial charge in [0, 0.05) is 12.5 Å². The first-order valence-corrected chi connectivity index (χ1v) is 5.43. The first-order chi connectivity index (χ1) is 7.60. The largest absolute Gasteiger partial charge is 0.342 e. The van der Waals surface area contributed by atoms with E-state index in [1.54, 1.807) is 0 Å². The molecular formula is C12H14F2N2. The number of aromatic nitrogens is 2. The predicted molar refractivity (Wildman–Crippen MR) is 59.2 cm³/mol. The summed E-state index contributed by atoms with van der Waals surface area (Å²) in [6, 6.07) is 2.13. The Labute approximate surface area is 92.7 Å². The summed E-state index contributed by atoms with van der Waals surface area (Å²) in [4.78, 5) is 7.10. The quantitative estimate of drug-likeness (QED) is 0.850. The maximum atomic E-state index is 13.4. The van der Waals surface area contributed by atoms with E-state index in [9.17, 15) is 8.78 Å². The van der Waals surface area contributed by atoms with E-state index in [0.717, 1.165) is 18.9 Å². The van der Waals surface area contributed by atoms with Gasteiger partial charge < -0.3 is 4.98 Å². The number of nitrogens with one attached hydrogen (secondary N) is 1. The standard InChI is InChI=1S/C12H14F2N2/c1-3-7(2)4-11-15-10-6-8(13)5-9(14)12(10)16-11/h5-7H,3-4H2,1-2H3,(H,15,16). The van der Waals surface area contributed by atoms with E-state index >= 15 is 0 Å². The van der Waals surface area contributed by atoms with Crippen molar-refractivity contribution in [3.05, 3.63) is 29.6 Å². The van der Waals surface area contributed by atoms with Crippen LogP contribution < -0.4 is 0 Å². The molecule has 0 radical (unpaired) electrons. The number of halogens is 2. The van der Waals surface area contributed by atoms with E-state index in [0.29, 0.717) is 17.3 Å². The van der Waals surface area contributed by atoms with Crippen LogP contribution in [0.15, 0.2) is 12.1 Å². The lowest BCUT2D eigenvalue weighted by Crippen LogP contribution is -1.99. The summed E-state index contributed by atoms with van der Waals surface area (Å²) in [6.07, 6.45) is 1.79. The molecule has 0 aliphatic heterocycles. The van der Waals surface area contributed by atoms with Gasteiger partial charge in [-0.15, -0.1) is 0 Å². The molecule has 0 saturated heterocycles. The molecule has 1 unspecified atom stereocenters. The Morgan fingerprint density at radius 1 is 1.38 bits per heavy atom. The van der Waals surface area contributed by atoms with Crippen LogP contribution in [0, 0.1) is 17.6 Å². The second-order valence-electron chi connectivity index (χ2n) is 4.18. The highest BCUT2D eigenvalue weighted by Gasteiger charge is 2.11. The maximum absolute atomic E-state index is 13.4. The van der Waals surface area contributed by atoms with E-state index < -0.39 is 11.6 Å². The third-order valence-electron chi connectivity index (χ3n) is 2.79. The highest BCUT2D eigenvalue weighted by Crippen LogP contribution is 2.19. The number of hydrogen-bond acceptors (Lipinski definition) is 1. The summed E-state index contributed by atoms with van der Waals surface area (Å²) in [5, 5.41) is 0. The Balaban J connectivity index is 2.40. The molecule has 2 rings (SSSR count). The molecule has 0 aliphatic carbocycles. The number of nitrogens with zero attached hydrogens (tertiary/aromatic N) is 1. The molecule has 1 atom stereocenters. The van der Waals surface area contributed by atoms with E-state index in [1.165, 1.54) is 6.07 Å². The topological polar surface area (TPSA) is 28.7 Å². The molecule has 1 N–H and O–H groups in total. The highest BCUT2D eigenvalue weighted by molar-refractivity contribution is 5.75. The van der Waals surface area contributed by atoms with Crippen LogP contribution in [0.4, 0.5) is 8.78 Å². The average Bonchev–Trinajstić information content (AvgIpc) is 2.60. The minimum atomic E-state index is -0.610. The zero-order valence-electron chi connectivity index (χ0n) is 9.35. The monoisotopic (exact) mass is 224 g/mol. The smallest absolute Gasteiger partial charge is 0.153 e. The average molecular weight is 224 g/mol. The molecule has 0 saturated carbocycles. The van der Waals surface area contributed by atoms with Crippen molar-refractivity contribution >= 4 is 11.0 Å². The fourth-order valence-electron chi connectivity index (χ4n) is 1.66. The van der Waals surface area contributed by atoms with Crippen molar-refractivity contribution in [3.63, 3.8) is 0 Å². The van der Waals surface area contributed by atoms with Crippen molar-refractivity contribution in [2.75, 3.05) is 0 Å². The van der Waals surface area contributed by atoms with Crippen molar-refractivity contribution in [1.82, 2.24) is 9.97 Å². The van der Waals surface area contributed by atoms with Gasteiger partial charge in [-0.2, -0.15) is 0 Å². The lowest BCUT2D eigenvalue weighted by molar-refractivity contribution is 0.546. The van der Waals surface area contributed by atoms with Crippen molar-refractivity contribution in [1.29, 1.82) is 0 Å². The normalized spacial score (nSPS) is 13.2. The van der Waals surface area contributed by atoms with Gasteiger partial charge >= 0.3 is 0 Å². The minimum absolute atomic E-state index is 0.222. The van der Waals surface area contributed by atoms with Crippen LogP contribution >= 0.6 is 0 Å². The lowest BCUT2D eigenvalue weighted by atomic mass is 10.1. The zero-order valence-corrected chi connectivity index (χ0v) is 9.35. The minimum Gasteiger partial charge on any atom is -0.342 e. The fourth-order valence-corrected chi connectivity index (χ4v) is 1.66.